The van der Waals surface area contributed by atoms with Gasteiger partial charge >= 0.3 is 0 Å². The summed E-state index contributed by atoms with van der Waals surface area (Å²) >= 11 is 0. The first-order valence-electron chi connectivity index (χ1n) is 9.14. The second kappa shape index (κ2) is 5.18. The first kappa shape index (κ1) is 14.1. The van der Waals surface area contributed by atoms with E-state index in [1.54, 1.807) is 0 Å². The minimum atomic E-state index is 0.902. The molecular formula is C22H17N3O. The van der Waals surface area contributed by atoms with Gasteiger partial charge in [0.2, 0.25) is 0 Å². The molecule has 1 aliphatic heterocycles. The maximum atomic E-state index is 6.18. The molecule has 1 aliphatic rings. The number of nitrogens with zero attached hydrogens (tertiary/aromatic N) is 3. The van der Waals surface area contributed by atoms with Crippen LogP contribution in [0.2, 0.25) is 0 Å². The number of fused-ring (bicyclic) bond motifs is 6. The van der Waals surface area contributed by atoms with Crippen molar-refractivity contribution in [3.63, 3.8) is 0 Å². The van der Waals surface area contributed by atoms with E-state index in [2.05, 4.69) is 34.9 Å². The van der Waals surface area contributed by atoms with Crippen molar-refractivity contribution in [2.75, 3.05) is 0 Å². The van der Waals surface area contributed by atoms with Crippen molar-refractivity contribution in [2.24, 2.45) is 0 Å². The number of imidazole rings is 1. The van der Waals surface area contributed by atoms with Crippen LogP contribution in [0.5, 0.6) is 0 Å². The summed E-state index contributed by atoms with van der Waals surface area (Å²) < 4.78 is 8.53. The number of pyridine rings is 1. The summed E-state index contributed by atoms with van der Waals surface area (Å²) in [5, 5.41) is 2.28. The first-order valence-corrected chi connectivity index (χ1v) is 9.14. The summed E-state index contributed by atoms with van der Waals surface area (Å²) in [5.74, 6) is 1.19. The molecule has 6 rings (SSSR count). The smallest absolute Gasteiger partial charge is 0.144 e. The molecule has 26 heavy (non-hydrogen) atoms. The highest BCUT2D eigenvalue weighted by atomic mass is 16.3. The Morgan fingerprint density at radius 1 is 0.962 bits per heavy atom. The molecule has 3 aromatic heterocycles. The molecule has 4 heteroatoms. The van der Waals surface area contributed by atoms with Crippen molar-refractivity contribution in [3.8, 4) is 11.3 Å². The lowest BCUT2D eigenvalue weighted by molar-refractivity contribution is 0.533. The standard InChI is InChI=1S/C22H17N3O/c1-2-9-20-14(6-1)15-7-5-8-16(22(15)26-20)17-12-19-18(13-23-17)24-21-10-3-4-11-25(19)21/h1-2,5-9,12-13H,3-4,10-11H2. The average molecular weight is 339 g/mol. The zero-order valence-electron chi connectivity index (χ0n) is 14.3. The predicted octanol–water partition coefficient (Wildman–Crippen LogP) is 5.33. The third-order valence-electron chi connectivity index (χ3n) is 5.43. The fraction of sp³-hybridized carbons (Fsp3) is 0.182. The molecule has 4 nitrogen and oxygen atoms in total. The summed E-state index contributed by atoms with van der Waals surface area (Å²) in [5.41, 5.74) is 5.96. The van der Waals surface area contributed by atoms with Crippen LogP contribution in [0.15, 0.2) is 59.1 Å². The highest BCUT2D eigenvalue weighted by molar-refractivity contribution is 6.09. The SMILES string of the molecule is c1ccc2c(c1)oc1c(-c3cc4c(cn3)nc3n4CCCC3)cccc12. The highest BCUT2D eigenvalue weighted by Gasteiger charge is 2.17. The van der Waals surface area contributed by atoms with Gasteiger partial charge in [-0.25, -0.2) is 4.98 Å². The number of hydrogen-bond donors (Lipinski definition) is 0. The van der Waals surface area contributed by atoms with Crippen LogP contribution < -0.4 is 0 Å². The van der Waals surface area contributed by atoms with E-state index in [1.165, 1.54) is 24.2 Å². The molecule has 0 atom stereocenters. The molecule has 0 saturated carbocycles. The molecule has 126 valence electrons. The van der Waals surface area contributed by atoms with Crippen LogP contribution in [0.3, 0.4) is 0 Å². The van der Waals surface area contributed by atoms with E-state index in [9.17, 15) is 0 Å². The second-order valence-corrected chi connectivity index (χ2v) is 6.98. The second-order valence-electron chi connectivity index (χ2n) is 6.98. The van der Waals surface area contributed by atoms with Crippen LogP contribution in [0.4, 0.5) is 0 Å². The largest absolute Gasteiger partial charge is 0.455 e. The highest BCUT2D eigenvalue weighted by Crippen LogP contribution is 2.35. The van der Waals surface area contributed by atoms with Gasteiger partial charge in [-0.1, -0.05) is 30.3 Å². The van der Waals surface area contributed by atoms with E-state index in [0.29, 0.717) is 0 Å². The van der Waals surface area contributed by atoms with E-state index in [-0.39, 0.29) is 0 Å². The Bertz CT molecular complexity index is 1300. The molecule has 0 amide bonds. The van der Waals surface area contributed by atoms with Gasteiger partial charge in [-0.15, -0.1) is 0 Å². The fourth-order valence-electron chi connectivity index (χ4n) is 4.17. The van der Waals surface area contributed by atoms with Gasteiger partial charge in [0.05, 0.1) is 17.4 Å². The fourth-order valence-corrected chi connectivity index (χ4v) is 4.17. The first-order chi connectivity index (χ1) is 12.9. The van der Waals surface area contributed by atoms with Gasteiger partial charge in [-0.3, -0.25) is 4.98 Å². The summed E-state index contributed by atoms with van der Waals surface area (Å²) in [6, 6.07) is 16.6. The molecule has 0 radical (unpaired) electrons. The number of aryl methyl sites for hydroxylation is 2. The van der Waals surface area contributed by atoms with E-state index in [1.807, 2.05) is 24.4 Å². The monoisotopic (exact) mass is 339 g/mol. The van der Waals surface area contributed by atoms with Crippen LogP contribution in [0.1, 0.15) is 18.7 Å². The molecular weight excluding hydrogens is 322 g/mol. The lowest BCUT2D eigenvalue weighted by Crippen LogP contribution is -2.10. The lowest BCUT2D eigenvalue weighted by atomic mass is 10.1. The third-order valence-corrected chi connectivity index (χ3v) is 5.43. The third kappa shape index (κ3) is 1.90. The topological polar surface area (TPSA) is 43.9 Å². The van der Waals surface area contributed by atoms with Crippen molar-refractivity contribution < 1.29 is 4.42 Å². The molecule has 4 heterocycles. The number of aromatic nitrogens is 3. The van der Waals surface area contributed by atoms with Gasteiger partial charge < -0.3 is 8.98 Å². The zero-order valence-corrected chi connectivity index (χ0v) is 14.3. The molecule has 5 aromatic rings. The lowest BCUT2D eigenvalue weighted by Gasteiger charge is -2.14. The average Bonchev–Trinajstić information content (AvgIpc) is 3.25. The molecule has 0 bridgehead atoms. The number of rotatable bonds is 1. The van der Waals surface area contributed by atoms with Crippen LogP contribution in [-0.2, 0) is 13.0 Å². The molecule has 0 aliphatic carbocycles. The number of furan rings is 1. The number of para-hydroxylation sites is 2. The van der Waals surface area contributed by atoms with E-state index in [0.717, 1.165) is 51.7 Å². The maximum absolute atomic E-state index is 6.18. The Hall–Kier alpha value is -3.14. The van der Waals surface area contributed by atoms with E-state index >= 15 is 0 Å². The molecule has 0 unspecified atom stereocenters. The summed E-state index contributed by atoms with van der Waals surface area (Å²) in [7, 11) is 0. The van der Waals surface area contributed by atoms with Crippen molar-refractivity contribution in [2.45, 2.75) is 25.8 Å². The maximum Gasteiger partial charge on any atom is 0.144 e. The van der Waals surface area contributed by atoms with Gasteiger partial charge in [-0.2, -0.15) is 0 Å². The van der Waals surface area contributed by atoms with Gasteiger partial charge in [0.15, 0.2) is 0 Å². The Morgan fingerprint density at radius 3 is 2.88 bits per heavy atom. The Balaban J connectivity index is 1.63. The molecule has 0 fully saturated rings. The summed E-state index contributed by atoms with van der Waals surface area (Å²) in [6.07, 6.45) is 5.40. The quantitative estimate of drug-likeness (QED) is 0.414. The Labute approximate surface area is 150 Å². The summed E-state index contributed by atoms with van der Waals surface area (Å²) in [4.78, 5) is 9.47. The Morgan fingerprint density at radius 2 is 1.88 bits per heavy atom. The van der Waals surface area contributed by atoms with Gasteiger partial charge in [-0.05, 0) is 31.0 Å². The molecule has 2 aromatic carbocycles. The van der Waals surface area contributed by atoms with Gasteiger partial charge in [0.25, 0.3) is 0 Å². The van der Waals surface area contributed by atoms with Gasteiger partial charge in [0, 0.05) is 29.3 Å². The number of benzene rings is 2. The van der Waals surface area contributed by atoms with Crippen LogP contribution >= 0.6 is 0 Å². The number of hydrogen-bond acceptors (Lipinski definition) is 3. The van der Waals surface area contributed by atoms with Crippen molar-refractivity contribution in [3.05, 3.63) is 60.6 Å². The zero-order chi connectivity index (χ0) is 17.1. The minimum absolute atomic E-state index is 0.902. The van der Waals surface area contributed by atoms with Crippen LogP contribution in [0, 0.1) is 0 Å². The van der Waals surface area contributed by atoms with Crippen LogP contribution in [0.25, 0.3) is 44.2 Å². The van der Waals surface area contributed by atoms with Gasteiger partial charge in [0.1, 0.15) is 22.5 Å². The molecule has 0 saturated heterocycles. The van der Waals surface area contributed by atoms with Crippen LogP contribution in [-0.4, -0.2) is 14.5 Å². The minimum Gasteiger partial charge on any atom is -0.455 e. The van der Waals surface area contributed by atoms with E-state index < -0.39 is 0 Å². The summed E-state index contributed by atoms with van der Waals surface area (Å²) in [6.45, 7) is 1.05. The van der Waals surface area contributed by atoms with Crippen molar-refractivity contribution in [1.29, 1.82) is 0 Å². The molecule has 0 spiro atoms. The van der Waals surface area contributed by atoms with E-state index in [4.69, 9.17) is 14.4 Å². The Kier molecular flexibility index (Phi) is 2.80. The normalized spacial score (nSPS) is 14.3. The van der Waals surface area contributed by atoms with Crippen molar-refractivity contribution >= 4 is 33.0 Å². The predicted molar refractivity (Wildman–Crippen MR) is 103 cm³/mol. The molecule has 0 N–H and O–H groups in total. The van der Waals surface area contributed by atoms with Crippen molar-refractivity contribution in [1.82, 2.24) is 14.5 Å².